The number of aryl methyl sites for hydroxylation is 1. The van der Waals surface area contributed by atoms with Gasteiger partial charge in [-0.05, 0) is 24.5 Å². The van der Waals surface area contributed by atoms with Gasteiger partial charge in [0.15, 0.2) is 0 Å². The van der Waals surface area contributed by atoms with Gasteiger partial charge in [-0.3, -0.25) is 0 Å². The van der Waals surface area contributed by atoms with Gasteiger partial charge in [0.2, 0.25) is 0 Å². The summed E-state index contributed by atoms with van der Waals surface area (Å²) in [7, 11) is 0. The van der Waals surface area contributed by atoms with Crippen molar-refractivity contribution in [3.63, 3.8) is 0 Å². The second-order valence-electron chi connectivity index (χ2n) is 3.23. The fraction of sp³-hybridized carbons (Fsp3) is 0.286. The lowest BCUT2D eigenvalue weighted by atomic mass is 9.98. The van der Waals surface area contributed by atoms with Crippen LogP contribution in [0.5, 0.6) is 0 Å². The fourth-order valence-corrected chi connectivity index (χ4v) is 1.47. The summed E-state index contributed by atoms with van der Waals surface area (Å²) in [5.74, 6) is 5.30. The minimum atomic E-state index is 0.834. The predicted molar refractivity (Wildman–Crippen MR) is 60.9 cm³/mol. The minimum absolute atomic E-state index is 0.834. The van der Waals surface area contributed by atoms with E-state index < -0.39 is 0 Å². The molecule has 0 N–H and O–H groups in total. The molecule has 0 spiro atoms. The van der Waals surface area contributed by atoms with E-state index in [1.807, 2.05) is 12.1 Å². The van der Waals surface area contributed by atoms with Crippen LogP contribution in [0.3, 0.4) is 0 Å². The summed E-state index contributed by atoms with van der Waals surface area (Å²) in [4.78, 5) is 0. The molecule has 0 heterocycles. The second-order valence-corrected chi connectivity index (χ2v) is 3.23. The van der Waals surface area contributed by atoms with Gasteiger partial charge in [0.1, 0.15) is 0 Å². The van der Waals surface area contributed by atoms with Crippen LogP contribution in [-0.4, -0.2) is 0 Å². The van der Waals surface area contributed by atoms with Crippen molar-refractivity contribution < 1.29 is 0 Å². The number of unbranched alkanes of at least 4 members (excludes halogenated alkanes) is 1. The first kappa shape index (κ1) is 10.4. The summed E-state index contributed by atoms with van der Waals surface area (Å²) >= 11 is 0. The van der Waals surface area contributed by atoms with Crippen LogP contribution in [0, 0.1) is 24.7 Å². The number of rotatable bonds is 3. The zero-order valence-electron chi connectivity index (χ0n) is 8.51. The number of terminal acetylenes is 2. The highest BCUT2D eigenvalue weighted by Crippen LogP contribution is 2.15. The SMILES string of the molecule is C#Cc1cccc(CCCC)c1C#C. The smallest absolute Gasteiger partial charge is 0.0431 e. The van der Waals surface area contributed by atoms with Crippen molar-refractivity contribution in [2.75, 3.05) is 0 Å². The molecule has 0 unspecified atom stereocenters. The monoisotopic (exact) mass is 182 g/mol. The molecule has 0 saturated heterocycles. The molecule has 1 aromatic rings. The van der Waals surface area contributed by atoms with Gasteiger partial charge in [-0.15, -0.1) is 12.8 Å². The van der Waals surface area contributed by atoms with Gasteiger partial charge in [0, 0.05) is 11.1 Å². The van der Waals surface area contributed by atoms with E-state index in [2.05, 4.69) is 24.8 Å². The molecule has 0 saturated carbocycles. The Morgan fingerprint density at radius 2 is 2.00 bits per heavy atom. The van der Waals surface area contributed by atoms with E-state index >= 15 is 0 Å². The highest BCUT2D eigenvalue weighted by molar-refractivity contribution is 5.52. The second kappa shape index (κ2) is 5.15. The number of hydrogen-bond donors (Lipinski definition) is 0. The Balaban J connectivity index is 3.06. The molecular formula is C14H14. The third-order valence-corrected chi connectivity index (χ3v) is 2.25. The quantitative estimate of drug-likeness (QED) is 0.630. The van der Waals surface area contributed by atoms with Gasteiger partial charge in [-0.1, -0.05) is 37.3 Å². The Bertz CT molecular complexity index is 385. The van der Waals surface area contributed by atoms with Crippen molar-refractivity contribution in [2.45, 2.75) is 26.2 Å². The maximum Gasteiger partial charge on any atom is 0.0431 e. The fourth-order valence-electron chi connectivity index (χ4n) is 1.47. The molecule has 1 aromatic carbocycles. The molecule has 14 heavy (non-hydrogen) atoms. The molecule has 0 aromatic heterocycles. The van der Waals surface area contributed by atoms with Crippen LogP contribution in [0.25, 0.3) is 0 Å². The zero-order valence-corrected chi connectivity index (χ0v) is 8.51. The van der Waals surface area contributed by atoms with Crippen LogP contribution in [0.1, 0.15) is 36.5 Å². The van der Waals surface area contributed by atoms with E-state index in [1.165, 1.54) is 12.0 Å². The number of benzene rings is 1. The van der Waals surface area contributed by atoms with Gasteiger partial charge >= 0.3 is 0 Å². The summed E-state index contributed by atoms with van der Waals surface area (Å²) in [6.45, 7) is 2.17. The summed E-state index contributed by atoms with van der Waals surface area (Å²) in [5.41, 5.74) is 2.93. The van der Waals surface area contributed by atoms with E-state index in [9.17, 15) is 0 Å². The van der Waals surface area contributed by atoms with Crippen molar-refractivity contribution in [1.82, 2.24) is 0 Å². The molecule has 0 heteroatoms. The third kappa shape index (κ3) is 2.18. The van der Waals surface area contributed by atoms with Gasteiger partial charge in [-0.25, -0.2) is 0 Å². The number of hydrogen-bond acceptors (Lipinski definition) is 0. The Morgan fingerprint density at radius 1 is 1.21 bits per heavy atom. The molecule has 0 aliphatic rings. The molecule has 0 aliphatic carbocycles. The van der Waals surface area contributed by atoms with Gasteiger partial charge < -0.3 is 0 Å². The van der Waals surface area contributed by atoms with Crippen LogP contribution < -0.4 is 0 Å². The zero-order chi connectivity index (χ0) is 10.4. The Labute approximate surface area is 86.3 Å². The average Bonchev–Trinajstić information content (AvgIpc) is 2.25. The van der Waals surface area contributed by atoms with Crippen LogP contribution in [0.2, 0.25) is 0 Å². The van der Waals surface area contributed by atoms with E-state index in [1.54, 1.807) is 0 Å². The van der Waals surface area contributed by atoms with Crippen molar-refractivity contribution in [3.8, 4) is 24.7 Å². The summed E-state index contributed by atoms with van der Waals surface area (Å²) in [6, 6.07) is 5.93. The largest absolute Gasteiger partial charge is 0.115 e. The van der Waals surface area contributed by atoms with Crippen molar-refractivity contribution >= 4 is 0 Å². The lowest BCUT2D eigenvalue weighted by Gasteiger charge is -2.05. The molecule has 70 valence electrons. The van der Waals surface area contributed by atoms with Crippen LogP contribution in [-0.2, 0) is 6.42 Å². The molecule has 1 rings (SSSR count). The molecule has 0 aliphatic heterocycles. The molecular weight excluding hydrogens is 168 g/mol. The van der Waals surface area contributed by atoms with E-state index in [0.29, 0.717) is 0 Å². The average molecular weight is 182 g/mol. The molecule has 0 amide bonds. The highest BCUT2D eigenvalue weighted by Gasteiger charge is 2.03. The molecule has 0 fully saturated rings. The van der Waals surface area contributed by atoms with Gasteiger partial charge in [0.25, 0.3) is 0 Å². The van der Waals surface area contributed by atoms with Gasteiger partial charge in [0.05, 0.1) is 0 Å². The van der Waals surface area contributed by atoms with Crippen molar-refractivity contribution in [1.29, 1.82) is 0 Å². The Hall–Kier alpha value is -1.66. The van der Waals surface area contributed by atoms with Crippen LogP contribution in [0.15, 0.2) is 18.2 Å². The molecule has 0 nitrogen and oxygen atoms in total. The van der Waals surface area contributed by atoms with Gasteiger partial charge in [-0.2, -0.15) is 0 Å². The van der Waals surface area contributed by atoms with Crippen LogP contribution in [0.4, 0.5) is 0 Å². The van der Waals surface area contributed by atoms with E-state index in [4.69, 9.17) is 12.8 Å². The van der Waals surface area contributed by atoms with Crippen molar-refractivity contribution in [2.24, 2.45) is 0 Å². The maximum atomic E-state index is 5.45. The van der Waals surface area contributed by atoms with Crippen molar-refractivity contribution in [3.05, 3.63) is 34.9 Å². The summed E-state index contributed by atoms with van der Waals surface area (Å²) in [6.07, 6.45) is 14.2. The third-order valence-electron chi connectivity index (χ3n) is 2.25. The standard InChI is InChI=1S/C14H14/c1-4-7-9-13-11-8-10-12(5-2)14(13)6-3/h2-3,8,10-11H,4,7,9H2,1H3. The first-order chi connectivity index (χ1) is 6.83. The lowest BCUT2D eigenvalue weighted by Crippen LogP contribution is -1.93. The predicted octanol–water partition coefficient (Wildman–Crippen LogP) is 2.99. The Kier molecular flexibility index (Phi) is 3.84. The minimum Gasteiger partial charge on any atom is -0.115 e. The summed E-state index contributed by atoms with van der Waals surface area (Å²) < 4.78 is 0. The molecule has 0 bridgehead atoms. The lowest BCUT2D eigenvalue weighted by molar-refractivity contribution is 0.793. The highest BCUT2D eigenvalue weighted by atomic mass is 14.1. The maximum absolute atomic E-state index is 5.45. The molecule has 0 radical (unpaired) electrons. The molecule has 0 atom stereocenters. The topological polar surface area (TPSA) is 0 Å². The first-order valence-electron chi connectivity index (χ1n) is 4.88. The van der Waals surface area contributed by atoms with E-state index in [0.717, 1.165) is 24.0 Å². The Morgan fingerprint density at radius 3 is 2.57 bits per heavy atom. The van der Waals surface area contributed by atoms with Crippen LogP contribution >= 0.6 is 0 Å². The normalized spacial score (nSPS) is 9.07. The summed E-state index contributed by atoms with van der Waals surface area (Å²) in [5, 5.41) is 0. The first-order valence-corrected chi connectivity index (χ1v) is 4.88. The van der Waals surface area contributed by atoms with E-state index in [-0.39, 0.29) is 0 Å².